The summed E-state index contributed by atoms with van der Waals surface area (Å²) in [6.45, 7) is 0. The third-order valence-corrected chi connectivity index (χ3v) is 2.67. The molecule has 0 fully saturated rings. The zero-order valence-corrected chi connectivity index (χ0v) is 8.00. The van der Waals surface area contributed by atoms with E-state index in [1.165, 1.54) is 5.56 Å². The molecule has 2 rings (SSSR count). The average molecular weight is 259 g/mol. The van der Waals surface area contributed by atoms with E-state index < -0.39 is 0 Å². The van der Waals surface area contributed by atoms with Gasteiger partial charge in [0.05, 0.1) is 28.6 Å². The number of nitriles is 1. The van der Waals surface area contributed by atoms with Crippen LogP contribution in [0, 0.1) is 11.3 Å². The van der Waals surface area contributed by atoms with E-state index in [0.29, 0.717) is 0 Å². The van der Waals surface area contributed by atoms with E-state index in [4.69, 9.17) is 5.26 Å². The molecule has 3 nitrogen and oxygen atoms in total. The maximum Gasteiger partial charge on any atom is 0.153 e. The van der Waals surface area contributed by atoms with Crippen LogP contribution in [-0.2, 0) is 12.8 Å². The molecule has 1 aromatic rings. The van der Waals surface area contributed by atoms with Gasteiger partial charge in [-0.05, 0) is 19.3 Å². The molecule has 0 bridgehead atoms. The predicted octanol–water partition coefficient (Wildman–Crippen LogP) is 1.44. The Bertz CT molecular complexity index is 334. The van der Waals surface area contributed by atoms with Gasteiger partial charge in [0.25, 0.3) is 0 Å². The van der Waals surface area contributed by atoms with Crippen molar-refractivity contribution < 1.29 is 0 Å². The van der Waals surface area contributed by atoms with E-state index in [9.17, 15) is 0 Å². The highest BCUT2D eigenvalue weighted by molar-refractivity contribution is 14.1. The SMILES string of the molecule is N#Cc1c2c(nn1I)CCC2. The van der Waals surface area contributed by atoms with Gasteiger partial charge in [0.2, 0.25) is 0 Å². The van der Waals surface area contributed by atoms with E-state index in [-0.39, 0.29) is 0 Å². The summed E-state index contributed by atoms with van der Waals surface area (Å²) < 4.78 is 1.65. The van der Waals surface area contributed by atoms with Crippen molar-refractivity contribution in [3.63, 3.8) is 0 Å². The highest BCUT2D eigenvalue weighted by Gasteiger charge is 2.20. The zero-order chi connectivity index (χ0) is 7.84. The third-order valence-electron chi connectivity index (χ3n) is 1.97. The molecule has 0 N–H and O–H groups in total. The second-order valence-corrected chi connectivity index (χ2v) is 3.51. The minimum Gasteiger partial charge on any atom is -0.193 e. The van der Waals surface area contributed by atoms with Gasteiger partial charge >= 0.3 is 0 Å². The summed E-state index contributed by atoms with van der Waals surface area (Å²) in [5.74, 6) is 0. The number of hydrogen-bond acceptors (Lipinski definition) is 2. The Morgan fingerprint density at radius 1 is 1.55 bits per heavy atom. The van der Waals surface area contributed by atoms with Crippen LogP contribution >= 0.6 is 22.9 Å². The first-order valence-electron chi connectivity index (χ1n) is 3.50. The lowest BCUT2D eigenvalue weighted by Crippen LogP contribution is -1.89. The molecular formula is C7H6IN3. The first-order valence-corrected chi connectivity index (χ1v) is 4.46. The van der Waals surface area contributed by atoms with Crippen LogP contribution in [0.1, 0.15) is 23.4 Å². The number of aryl methyl sites for hydroxylation is 1. The lowest BCUT2D eigenvalue weighted by atomic mass is 10.2. The molecule has 1 aliphatic rings. The van der Waals surface area contributed by atoms with E-state index in [0.717, 1.165) is 30.7 Å². The smallest absolute Gasteiger partial charge is 0.153 e. The minimum absolute atomic E-state index is 0.734. The number of fused-ring (bicyclic) bond motifs is 1. The minimum atomic E-state index is 0.734. The molecule has 0 aliphatic heterocycles. The predicted molar refractivity (Wildman–Crippen MR) is 48.4 cm³/mol. The molecule has 0 aromatic carbocycles. The first kappa shape index (κ1) is 7.10. The molecule has 0 spiro atoms. The average Bonchev–Trinajstić information content (AvgIpc) is 2.46. The maximum absolute atomic E-state index is 8.76. The maximum atomic E-state index is 8.76. The molecule has 0 saturated carbocycles. The van der Waals surface area contributed by atoms with E-state index in [2.05, 4.69) is 11.2 Å². The molecule has 0 amide bonds. The lowest BCUT2D eigenvalue weighted by molar-refractivity contribution is 0.853. The summed E-state index contributed by atoms with van der Waals surface area (Å²) in [6.07, 6.45) is 3.23. The lowest BCUT2D eigenvalue weighted by Gasteiger charge is -1.89. The van der Waals surface area contributed by atoms with Crippen molar-refractivity contribution in [2.45, 2.75) is 19.3 Å². The van der Waals surface area contributed by atoms with Crippen molar-refractivity contribution in [2.24, 2.45) is 0 Å². The Morgan fingerprint density at radius 3 is 3.09 bits per heavy atom. The third kappa shape index (κ3) is 0.948. The molecular weight excluding hydrogens is 253 g/mol. The van der Waals surface area contributed by atoms with Crippen molar-refractivity contribution in [2.75, 3.05) is 0 Å². The highest BCUT2D eigenvalue weighted by Crippen LogP contribution is 2.24. The second-order valence-electron chi connectivity index (χ2n) is 2.60. The fourth-order valence-corrected chi connectivity index (χ4v) is 2.13. The van der Waals surface area contributed by atoms with E-state index in [1.54, 1.807) is 2.90 Å². The standard InChI is InChI=1S/C7H6IN3/c8-11-7(4-9)5-2-1-3-6(5)10-11/h1-3H2. The molecule has 0 saturated heterocycles. The molecule has 1 aliphatic carbocycles. The van der Waals surface area contributed by atoms with E-state index >= 15 is 0 Å². The van der Waals surface area contributed by atoms with Gasteiger partial charge in [-0.25, -0.2) is 0 Å². The number of aromatic nitrogens is 2. The van der Waals surface area contributed by atoms with Crippen LogP contribution in [0.4, 0.5) is 0 Å². The molecule has 4 heteroatoms. The number of rotatable bonds is 0. The molecule has 0 radical (unpaired) electrons. The molecule has 0 atom stereocenters. The highest BCUT2D eigenvalue weighted by atomic mass is 127. The van der Waals surface area contributed by atoms with Crippen LogP contribution in [-0.4, -0.2) is 7.99 Å². The second kappa shape index (κ2) is 2.48. The van der Waals surface area contributed by atoms with Crippen LogP contribution in [0.3, 0.4) is 0 Å². The van der Waals surface area contributed by atoms with Crippen molar-refractivity contribution >= 4 is 22.9 Å². The van der Waals surface area contributed by atoms with Gasteiger partial charge in [-0.2, -0.15) is 13.3 Å². The summed E-state index contributed by atoms with van der Waals surface area (Å²) in [5.41, 5.74) is 3.02. The summed E-state index contributed by atoms with van der Waals surface area (Å²) in [4.78, 5) is 0. The summed E-state index contributed by atoms with van der Waals surface area (Å²) >= 11 is 2.05. The molecule has 1 aromatic heterocycles. The van der Waals surface area contributed by atoms with Gasteiger partial charge in [-0.3, -0.25) is 0 Å². The summed E-state index contributed by atoms with van der Waals surface area (Å²) in [5, 5.41) is 13.0. The van der Waals surface area contributed by atoms with Gasteiger partial charge in [0, 0.05) is 5.56 Å². The Morgan fingerprint density at radius 2 is 2.36 bits per heavy atom. The molecule has 1 heterocycles. The summed E-state index contributed by atoms with van der Waals surface area (Å²) in [7, 11) is 0. The Labute approximate surface area is 78.5 Å². The Kier molecular flexibility index (Phi) is 1.60. The fourth-order valence-electron chi connectivity index (χ4n) is 1.47. The van der Waals surface area contributed by atoms with Gasteiger partial charge in [0.15, 0.2) is 5.69 Å². The van der Waals surface area contributed by atoms with Crippen molar-refractivity contribution in [3.8, 4) is 6.07 Å². The molecule has 56 valence electrons. The van der Waals surface area contributed by atoms with Gasteiger partial charge < -0.3 is 0 Å². The van der Waals surface area contributed by atoms with E-state index in [1.807, 2.05) is 22.9 Å². The normalized spacial score (nSPS) is 14.5. The van der Waals surface area contributed by atoms with Crippen LogP contribution in [0.5, 0.6) is 0 Å². The molecule has 0 unspecified atom stereocenters. The first-order chi connectivity index (χ1) is 5.33. The zero-order valence-electron chi connectivity index (χ0n) is 5.84. The number of halogens is 1. The molecule has 11 heavy (non-hydrogen) atoms. The Balaban J connectivity index is 2.63. The summed E-state index contributed by atoms with van der Waals surface area (Å²) in [6, 6.07) is 2.17. The van der Waals surface area contributed by atoms with Crippen LogP contribution < -0.4 is 0 Å². The van der Waals surface area contributed by atoms with Crippen LogP contribution in [0.25, 0.3) is 0 Å². The monoisotopic (exact) mass is 259 g/mol. The van der Waals surface area contributed by atoms with Crippen molar-refractivity contribution in [3.05, 3.63) is 17.0 Å². The quantitative estimate of drug-likeness (QED) is 0.661. The number of nitrogens with zero attached hydrogens (tertiary/aromatic N) is 3. The van der Waals surface area contributed by atoms with Gasteiger partial charge in [-0.1, -0.05) is 0 Å². The van der Waals surface area contributed by atoms with Crippen LogP contribution in [0.15, 0.2) is 0 Å². The van der Waals surface area contributed by atoms with Gasteiger partial charge in [0.1, 0.15) is 6.07 Å². The fraction of sp³-hybridized carbons (Fsp3) is 0.429. The van der Waals surface area contributed by atoms with Crippen molar-refractivity contribution in [1.29, 1.82) is 5.26 Å². The van der Waals surface area contributed by atoms with Crippen LogP contribution in [0.2, 0.25) is 0 Å². The van der Waals surface area contributed by atoms with Gasteiger partial charge in [-0.15, -0.1) is 0 Å². The Hall–Kier alpha value is -0.570. The largest absolute Gasteiger partial charge is 0.193 e. The van der Waals surface area contributed by atoms with Crippen molar-refractivity contribution in [1.82, 2.24) is 7.99 Å². The topological polar surface area (TPSA) is 41.6 Å². The number of hydrogen-bond donors (Lipinski definition) is 0.